The lowest BCUT2D eigenvalue weighted by Crippen LogP contribution is -2.59. The third kappa shape index (κ3) is 6.63. The lowest BCUT2D eigenvalue weighted by Gasteiger charge is -2.43. The van der Waals surface area contributed by atoms with Crippen LogP contribution in [0.1, 0.15) is 75.0 Å². The fourth-order valence-electron chi connectivity index (χ4n) is 7.70. The maximum absolute atomic E-state index is 13.7. The average molecular weight is 643 g/mol. The Kier molecular flexibility index (Phi) is 8.49. The third-order valence-electron chi connectivity index (χ3n) is 10.2. The van der Waals surface area contributed by atoms with Gasteiger partial charge < -0.3 is 10.6 Å². The molecule has 4 amide bonds. The molecule has 2 aromatic carbocycles. The zero-order valence-corrected chi connectivity index (χ0v) is 26.2. The van der Waals surface area contributed by atoms with Crippen molar-refractivity contribution in [3.05, 3.63) is 65.7 Å². The molecule has 0 aromatic heterocycles. The standard InChI is InChI=1S/C33H40F2N4O5S/c1-45(43,44)27-11-7-22(8-12-27)21-39-30(41)32(37-31(39)42)19-25-9-10-26(20-32)38(25)18-15-28(23-5-3-2-4-6-23)36-29(40)24-13-16-33(34,35)17-14-24/h2-8,11-12,24-26,28H,9-10,13-21H2,1H3,(H,36,40)(H,37,42)/t25-,26?,28+,32?/m1/s1. The molecule has 1 saturated carbocycles. The number of sulfone groups is 1. The van der Waals surface area contributed by atoms with Gasteiger partial charge in [0.1, 0.15) is 5.54 Å². The van der Waals surface area contributed by atoms with E-state index in [9.17, 15) is 31.6 Å². The third-order valence-corrected chi connectivity index (χ3v) is 11.3. The van der Waals surface area contributed by atoms with Gasteiger partial charge in [0.2, 0.25) is 11.8 Å². The molecule has 12 heteroatoms. The van der Waals surface area contributed by atoms with Crippen molar-refractivity contribution in [3.63, 3.8) is 0 Å². The molecule has 2 unspecified atom stereocenters. The van der Waals surface area contributed by atoms with E-state index in [0.29, 0.717) is 31.4 Å². The summed E-state index contributed by atoms with van der Waals surface area (Å²) in [6, 6.07) is 15.4. The molecule has 1 spiro atoms. The number of urea groups is 1. The summed E-state index contributed by atoms with van der Waals surface area (Å²) in [5, 5.41) is 6.17. The van der Waals surface area contributed by atoms with E-state index in [2.05, 4.69) is 15.5 Å². The smallest absolute Gasteiger partial charge is 0.325 e. The van der Waals surface area contributed by atoms with Crippen LogP contribution in [0.25, 0.3) is 0 Å². The summed E-state index contributed by atoms with van der Waals surface area (Å²) < 4.78 is 51.0. The van der Waals surface area contributed by atoms with E-state index in [1.165, 1.54) is 17.0 Å². The minimum atomic E-state index is -3.35. The Morgan fingerprint density at radius 2 is 1.60 bits per heavy atom. The number of rotatable bonds is 9. The summed E-state index contributed by atoms with van der Waals surface area (Å²) in [4.78, 5) is 43.8. The minimum absolute atomic E-state index is 0.0621. The number of carbonyl (C=O) groups excluding carboxylic acids is 3. The largest absolute Gasteiger partial charge is 0.349 e. The highest BCUT2D eigenvalue weighted by atomic mass is 32.2. The molecule has 0 radical (unpaired) electrons. The zero-order chi connectivity index (χ0) is 32.0. The lowest BCUT2D eigenvalue weighted by molar-refractivity contribution is -0.134. The van der Waals surface area contributed by atoms with Crippen molar-refractivity contribution < 1.29 is 31.6 Å². The van der Waals surface area contributed by atoms with Crippen LogP contribution in [0.4, 0.5) is 13.6 Å². The van der Waals surface area contributed by atoms with Crippen LogP contribution in [0.5, 0.6) is 0 Å². The van der Waals surface area contributed by atoms with Crippen molar-refractivity contribution >= 4 is 27.7 Å². The summed E-state index contributed by atoms with van der Waals surface area (Å²) in [6.45, 7) is 0.749. The highest BCUT2D eigenvalue weighted by molar-refractivity contribution is 7.90. The second-order valence-electron chi connectivity index (χ2n) is 13.2. The number of nitrogens with one attached hydrogen (secondary N) is 2. The number of hydrogen-bond donors (Lipinski definition) is 2. The van der Waals surface area contributed by atoms with Gasteiger partial charge in [0, 0.05) is 43.6 Å². The van der Waals surface area contributed by atoms with Crippen molar-refractivity contribution in [1.29, 1.82) is 0 Å². The van der Waals surface area contributed by atoms with Crippen LogP contribution in [-0.2, 0) is 26.0 Å². The Morgan fingerprint density at radius 1 is 0.978 bits per heavy atom. The predicted octanol–water partition coefficient (Wildman–Crippen LogP) is 4.58. The van der Waals surface area contributed by atoms with Gasteiger partial charge in [-0.15, -0.1) is 0 Å². The van der Waals surface area contributed by atoms with E-state index < -0.39 is 33.2 Å². The zero-order valence-electron chi connectivity index (χ0n) is 25.4. The Labute approximate surface area is 262 Å². The first kappa shape index (κ1) is 31.6. The number of carbonyl (C=O) groups is 3. The van der Waals surface area contributed by atoms with Crippen molar-refractivity contribution in [1.82, 2.24) is 20.4 Å². The van der Waals surface area contributed by atoms with Gasteiger partial charge in [-0.1, -0.05) is 42.5 Å². The highest BCUT2D eigenvalue weighted by Gasteiger charge is 2.58. The molecule has 4 atom stereocenters. The molecule has 3 saturated heterocycles. The average Bonchev–Trinajstić information content (AvgIpc) is 3.37. The van der Waals surface area contributed by atoms with Crippen molar-refractivity contribution in [2.45, 2.75) is 98.8 Å². The van der Waals surface area contributed by atoms with Crippen LogP contribution in [0.2, 0.25) is 0 Å². The monoisotopic (exact) mass is 642 g/mol. The van der Waals surface area contributed by atoms with E-state index in [1.807, 2.05) is 30.3 Å². The fourth-order valence-corrected chi connectivity index (χ4v) is 8.34. The van der Waals surface area contributed by atoms with Crippen molar-refractivity contribution in [2.24, 2.45) is 5.92 Å². The Hall–Kier alpha value is -3.38. The van der Waals surface area contributed by atoms with Crippen LogP contribution in [0.15, 0.2) is 59.5 Å². The normalized spacial score (nSPS) is 27.5. The molecule has 3 aliphatic heterocycles. The number of nitrogens with zero attached hydrogens (tertiary/aromatic N) is 2. The molecule has 4 aliphatic rings. The second-order valence-corrected chi connectivity index (χ2v) is 15.3. The summed E-state index contributed by atoms with van der Waals surface area (Å²) in [7, 11) is -3.35. The van der Waals surface area contributed by atoms with Gasteiger partial charge in [-0.25, -0.2) is 22.0 Å². The Balaban J connectivity index is 1.10. The topological polar surface area (TPSA) is 116 Å². The van der Waals surface area contributed by atoms with Crippen LogP contribution in [0, 0.1) is 5.92 Å². The SMILES string of the molecule is CS(=O)(=O)c1ccc(CN2C(=O)NC3(CC4CC[C@H](C3)N4CC[C@H](NC(=O)C3CCC(F)(F)CC3)c3ccccc3)C2=O)cc1. The predicted molar refractivity (Wildman–Crippen MR) is 163 cm³/mol. The van der Waals surface area contributed by atoms with E-state index in [0.717, 1.165) is 24.7 Å². The summed E-state index contributed by atoms with van der Waals surface area (Å²) >= 11 is 0. The van der Waals surface area contributed by atoms with Gasteiger partial charge in [-0.3, -0.25) is 19.4 Å². The molecule has 3 heterocycles. The number of amides is 4. The van der Waals surface area contributed by atoms with Gasteiger partial charge in [-0.2, -0.15) is 0 Å². The number of alkyl halides is 2. The molecule has 1 aliphatic carbocycles. The van der Waals surface area contributed by atoms with Crippen LogP contribution >= 0.6 is 0 Å². The number of benzene rings is 2. The molecule has 2 aromatic rings. The van der Waals surface area contributed by atoms with Gasteiger partial charge >= 0.3 is 6.03 Å². The summed E-state index contributed by atoms with van der Waals surface area (Å²) in [5.74, 6) is -3.53. The molecule has 242 valence electrons. The summed E-state index contributed by atoms with van der Waals surface area (Å²) in [6.07, 6.45) is 4.40. The maximum Gasteiger partial charge on any atom is 0.325 e. The first-order valence-corrected chi connectivity index (χ1v) is 17.6. The van der Waals surface area contributed by atoms with Gasteiger partial charge in [0.15, 0.2) is 9.84 Å². The molecule has 9 nitrogen and oxygen atoms in total. The van der Waals surface area contributed by atoms with E-state index in [-0.39, 0.29) is 67.1 Å². The molecule has 2 bridgehead atoms. The molecule has 2 N–H and O–H groups in total. The number of fused-ring (bicyclic) bond motifs is 2. The quantitative estimate of drug-likeness (QED) is 0.387. The molecular weight excluding hydrogens is 602 g/mol. The number of hydrogen-bond acceptors (Lipinski definition) is 6. The second kappa shape index (κ2) is 12.1. The fraction of sp³-hybridized carbons (Fsp3) is 0.545. The molecule has 4 fully saturated rings. The van der Waals surface area contributed by atoms with Crippen LogP contribution < -0.4 is 10.6 Å². The number of piperidine rings is 1. The number of halogens is 2. The van der Waals surface area contributed by atoms with Crippen molar-refractivity contribution in [2.75, 3.05) is 12.8 Å². The van der Waals surface area contributed by atoms with E-state index in [1.54, 1.807) is 12.1 Å². The first-order valence-electron chi connectivity index (χ1n) is 15.8. The molecular formula is C33H40F2N4O5S. The lowest BCUT2D eigenvalue weighted by atomic mass is 9.82. The Morgan fingerprint density at radius 3 is 2.20 bits per heavy atom. The van der Waals surface area contributed by atoms with Crippen LogP contribution in [0.3, 0.4) is 0 Å². The van der Waals surface area contributed by atoms with Gasteiger partial charge in [0.05, 0.1) is 17.5 Å². The minimum Gasteiger partial charge on any atom is -0.349 e. The van der Waals surface area contributed by atoms with Crippen molar-refractivity contribution in [3.8, 4) is 0 Å². The van der Waals surface area contributed by atoms with E-state index in [4.69, 9.17) is 0 Å². The molecule has 45 heavy (non-hydrogen) atoms. The Bertz CT molecular complexity index is 1530. The summed E-state index contributed by atoms with van der Waals surface area (Å²) in [5.41, 5.74) is 0.660. The first-order chi connectivity index (χ1) is 21.3. The van der Waals surface area contributed by atoms with Gasteiger partial charge in [-0.05, 0) is 68.2 Å². The number of imide groups is 1. The van der Waals surface area contributed by atoms with Gasteiger partial charge in [0.25, 0.3) is 5.91 Å². The van der Waals surface area contributed by atoms with Crippen LogP contribution in [-0.4, -0.2) is 72.4 Å². The van der Waals surface area contributed by atoms with E-state index >= 15 is 0 Å². The highest BCUT2D eigenvalue weighted by Crippen LogP contribution is 2.44. The molecule has 6 rings (SSSR count). The maximum atomic E-state index is 13.7.